The molecule has 0 aliphatic carbocycles. The van der Waals surface area contributed by atoms with Crippen molar-refractivity contribution >= 4 is 0 Å². The Labute approximate surface area is 87.4 Å². The van der Waals surface area contributed by atoms with Crippen molar-refractivity contribution in [1.82, 2.24) is 5.32 Å². The highest BCUT2D eigenvalue weighted by molar-refractivity contribution is 4.73. The third kappa shape index (κ3) is 4.94. The third-order valence-corrected chi connectivity index (χ3v) is 2.82. The van der Waals surface area contributed by atoms with Gasteiger partial charge in [-0.25, -0.2) is 0 Å². The highest BCUT2D eigenvalue weighted by Crippen LogP contribution is 2.06. The second-order valence-corrected chi connectivity index (χ2v) is 4.20. The van der Waals surface area contributed by atoms with Crippen LogP contribution in [0.5, 0.6) is 0 Å². The van der Waals surface area contributed by atoms with Gasteiger partial charge in [-0.1, -0.05) is 19.8 Å². The van der Waals surface area contributed by atoms with Gasteiger partial charge in [-0.2, -0.15) is 0 Å². The lowest BCUT2D eigenvalue weighted by Gasteiger charge is -2.24. The van der Waals surface area contributed by atoms with Crippen LogP contribution in [-0.2, 0) is 4.74 Å². The molecule has 0 aromatic carbocycles. The summed E-state index contributed by atoms with van der Waals surface area (Å²) in [4.78, 5) is 0. The van der Waals surface area contributed by atoms with Crippen molar-refractivity contribution < 1.29 is 4.74 Å². The molecular formula is C11H24N2O. The molecule has 3 nitrogen and oxygen atoms in total. The van der Waals surface area contributed by atoms with Gasteiger partial charge in [0, 0.05) is 31.8 Å². The van der Waals surface area contributed by atoms with E-state index in [0.29, 0.717) is 12.1 Å². The van der Waals surface area contributed by atoms with E-state index in [2.05, 4.69) is 12.2 Å². The lowest BCUT2D eigenvalue weighted by molar-refractivity contribution is 0.0776. The minimum Gasteiger partial charge on any atom is -0.381 e. The molecule has 1 heterocycles. The molecule has 1 fully saturated rings. The van der Waals surface area contributed by atoms with Crippen molar-refractivity contribution in [3.8, 4) is 0 Å². The van der Waals surface area contributed by atoms with E-state index in [0.717, 1.165) is 39.0 Å². The van der Waals surface area contributed by atoms with E-state index in [4.69, 9.17) is 10.5 Å². The Morgan fingerprint density at radius 2 is 2.14 bits per heavy atom. The molecule has 0 bridgehead atoms. The minimum atomic E-state index is 0.331. The van der Waals surface area contributed by atoms with Gasteiger partial charge in [0.05, 0.1) is 0 Å². The molecule has 0 amide bonds. The van der Waals surface area contributed by atoms with E-state index in [1.54, 1.807) is 0 Å². The summed E-state index contributed by atoms with van der Waals surface area (Å²) in [6.45, 7) is 4.98. The minimum absolute atomic E-state index is 0.331. The zero-order chi connectivity index (χ0) is 10.2. The maximum absolute atomic E-state index is 5.98. The predicted octanol–water partition coefficient (Wildman–Crippen LogP) is 1.27. The first-order valence-electron chi connectivity index (χ1n) is 5.89. The Morgan fingerprint density at radius 1 is 1.43 bits per heavy atom. The summed E-state index contributed by atoms with van der Waals surface area (Å²) in [6.07, 6.45) is 5.91. The topological polar surface area (TPSA) is 47.3 Å². The lowest BCUT2D eigenvalue weighted by atomic mass is 10.1. The second kappa shape index (κ2) is 7.21. The van der Waals surface area contributed by atoms with E-state index in [-0.39, 0.29) is 0 Å². The Bertz CT molecular complexity index is 135. The lowest BCUT2D eigenvalue weighted by Crippen LogP contribution is -2.42. The molecule has 0 saturated carbocycles. The van der Waals surface area contributed by atoms with Crippen LogP contribution in [0.3, 0.4) is 0 Å². The van der Waals surface area contributed by atoms with Crippen molar-refractivity contribution in [3.63, 3.8) is 0 Å². The second-order valence-electron chi connectivity index (χ2n) is 4.20. The molecule has 1 saturated heterocycles. The maximum Gasteiger partial charge on any atom is 0.0480 e. The first-order chi connectivity index (χ1) is 6.83. The van der Waals surface area contributed by atoms with Gasteiger partial charge in [-0.15, -0.1) is 0 Å². The number of rotatable bonds is 6. The molecule has 0 spiro atoms. The average molecular weight is 200 g/mol. The summed E-state index contributed by atoms with van der Waals surface area (Å²) in [5, 5.41) is 3.53. The monoisotopic (exact) mass is 200 g/mol. The largest absolute Gasteiger partial charge is 0.381 e. The van der Waals surface area contributed by atoms with Gasteiger partial charge >= 0.3 is 0 Å². The SMILES string of the molecule is CCCCC(N)CNC1CCOCC1. The molecule has 3 heteroatoms. The standard InChI is InChI=1S/C11H24N2O/c1-2-3-4-10(12)9-13-11-5-7-14-8-6-11/h10-11,13H,2-9,12H2,1H3. The quantitative estimate of drug-likeness (QED) is 0.679. The molecule has 1 aliphatic rings. The molecule has 0 radical (unpaired) electrons. The molecule has 1 atom stereocenters. The van der Waals surface area contributed by atoms with Crippen LogP contribution in [0, 0.1) is 0 Å². The molecule has 14 heavy (non-hydrogen) atoms. The number of hydrogen-bond donors (Lipinski definition) is 2. The van der Waals surface area contributed by atoms with Gasteiger partial charge in [0.2, 0.25) is 0 Å². The first-order valence-corrected chi connectivity index (χ1v) is 5.89. The highest BCUT2D eigenvalue weighted by Gasteiger charge is 2.13. The molecule has 0 aromatic heterocycles. The van der Waals surface area contributed by atoms with Gasteiger partial charge in [-0.05, 0) is 19.3 Å². The van der Waals surface area contributed by atoms with Crippen LogP contribution < -0.4 is 11.1 Å². The molecule has 1 rings (SSSR count). The number of unbranched alkanes of at least 4 members (excludes halogenated alkanes) is 1. The Kier molecular flexibility index (Phi) is 6.15. The molecule has 84 valence electrons. The number of nitrogens with one attached hydrogen (secondary N) is 1. The summed E-state index contributed by atoms with van der Waals surface area (Å²) >= 11 is 0. The predicted molar refractivity (Wildman–Crippen MR) is 59.3 cm³/mol. The Morgan fingerprint density at radius 3 is 2.79 bits per heavy atom. The van der Waals surface area contributed by atoms with E-state index < -0.39 is 0 Å². The van der Waals surface area contributed by atoms with Crippen LogP contribution in [-0.4, -0.2) is 31.8 Å². The number of ether oxygens (including phenoxy) is 1. The van der Waals surface area contributed by atoms with Crippen molar-refractivity contribution in [2.45, 2.75) is 51.1 Å². The molecule has 1 unspecified atom stereocenters. The Balaban J connectivity index is 2.00. The van der Waals surface area contributed by atoms with Crippen LogP contribution in [0.25, 0.3) is 0 Å². The average Bonchev–Trinajstić information content (AvgIpc) is 2.25. The summed E-state index contributed by atoms with van der Waals surface area (Å²) in [5.41, 5.74) is 5.98. The summed E-state index contributed by atoms with van der Waals surface area (Å²) in [6, 6.07) is 0.967. The molecular weight excluding hydrogens is 176 g/mol. The maximum atomic E-state index is 5.98. The van der Waals surface area contributed by atoms with Crippen LogP contribution in [0.2, 0.25) is 0 Å². The van der Waals surface area contributed by atoms with E-state index in [1.807, 2.05) is 0 Å². The summed E-state index contributed by atoms with van der Waals surface area (Å²) < 4.78 is 5.30. The molecule has 0 aromatic rings. The fourth-order valence-corrected chi connectivity index (χ4v) is 1.79. The van der Waals surface area contributed by atoms with Crippen LogP contribution in [0.1, 0.15) is 39.0 Å². The van der Waals surface area contributed by atoms with Crippen LogP contribution in [0.15, 0.2) is 0 Å². The fourth-order valence-electron chi connectivity index (χ4n) is 1.79. The number of hydrogen-bond acceptors (Lipinski definition) is 3. The third-order valence-electron chi connectivity index (χ3n) is 2.82. The fraction of sp³-hybridized carbons (Fsp3) is 1.00. The molecule has 1 aliphatic heterocycles. The van der Waals surface area contributed by atoms with E-state index >= 15 is 0 Å². The van der Waals surface area contributed by atoms with Crippen molar-refractivity contribution in [1.29, 1.82) is 0 Å². The van der Waals surface area contributed by atoms with Crippen LogP contribution in [0.4, 0.5) is 0 Å². The van der Waals surface area contributed by atoms with E-state index in [1.165, 1.54) is 12.8 Å². The van der Waals surface area contributed by atoms with Gasteiger partial charge in [-0.3, -0.25) is 0 Å². The van der Waals surface area contributed by atoms with Gasteiger partial charge in [0.25, 0.3) is 0 Å². The zero-order valence-electron chi connectivity index (χ0n) is 9.30. The zero-order valence-corrected chi connectivity index (χ0v) is 9.30. The van der Waals surface area contributed by atoms with Crippen molar-refractivity contribution in [3.05, 3.63) is 0 Å². The van der Waals surface area contributed by atoms with Gasteiger partial charge in [0.15, 0.2) is 0 Å². The first kappa shape index (κ1) is 12.0. The van der Waals surface area contributed by atoms with Gasteiger partial charge in [0.1, 0.15) is 0 Å². The number of nitrogens with two attached hydrogens (primary N) is 1. The Hall–Kier alpha value is -0.120. The van der Waals surface area contributed by atoms with Crippen molar-refractivity contribution in [2.24, 2.45) is 5.73 Å². The summed E-state index contributed by atoms with van der Waals surface area (Å²) in [7, 11) is 0. The highest BCUT2D eigenvalue weighted by atomic mass is 16.5. The molecule has 3 N–H and O–H groups in total. The van der Waals surface area contributed by atoms with Crippen molar-refractivity contribution in [2.75, 3.05) is 19.8 Å². The normalized spacial score (nSPS) is 21.0. The smallest absolute Gasteiger partial charge is 0.0480 e. The summed E-state index contributed by atoms with van der Waals surface area (Å²) in [5.74, 6) is 0. The van der Waals surface area contributed by atoms with Crippen LogP contribution >= 0.6 is 0 Å². The van der Waals surface area contributed by atoms with Gasteiger partial charge < -0.3 is 15.8 Å². The van der Waals surface area contributed by atoms with E-state index in [9.17, 15) is 0 Å².